The average molecular weight is 282 g/mol. The summed E-state index contributed by atoms with van der Waals surface area (Å²) in [7, 11) is 0. The Balaban J connectivity index is 2.03. The Morgan fingerprint density at radius 1 is 1.19 bits per heavy atom. The zero-order valence-electron chi connectivity index (χ0n) is 8.78. The minimum atomic E-state index is 0.795. The van der Waals surface area contributed by atoms with Gasteiger partial charge in [0, 0.05) is 22.9 Å². The van der Waals surface area contributed by atoms with Crippen molar-refractivity contribution in [2.75, 3.05) is 31.2 Å². The van der Waals surface area contributed by atoms with Crippen molar-refractivity contribution in [3.8, 4) is 0 Å². The van der Waals surface area contributed by atoms with Gasteiger partial charge in [-0.05, 0) is 18.2 Å². The number of benzene rings is 1. The summed E-state index contributed by atoms with van der Waals surface area (Å²) in [6.45, 7) is 3.46. The van der Waals surface area contributed by atoms with E-state index in [4.69, 9.17) is 9.15 Å². The smallest absolute Gasteiger partial charge is 0.137 e. The molecule has 1 aromatic heterocycles. The largest absolute Gasteiger partial charge is 0.462 e. The van der Waals surface area contributed by atoms with E-state index >= 15 is 0 Å². The Morgan fingerprint density at radius 2 is 2.00 bits per heavy atom. The van der Waals surface area contributed by atoms with E-state index in [1.807, 2.05) is 18.4 Å². The summed E-state index contributed by atoms with van der Waals surface area (Å²) in [6.07, 6.45) is 1.84. The third-order valence-electron chi connectivity index (χ3n) is 2.87. The topological polar surface area (TPSA) is 25.6 Å². The highest BCUT2D eigenvalue weighted by molar-refractivity contribution is 9.10. The molecule has 84 valence electrons. The van der Waals surface area contributed by atoms with Crippen molar-refractivity contribution >= 4 is 32.6 Å². The van der Waals surface area contributed by atoms with Crippen LogP contribution in [0.3, 0.4) is 0 Å². The summed E-state index contributed by atoms with van der Waals surface area (Å²) in [5.41, 5.74) is 2.10. The quantitative estimate of drug-likeness (QED) is 0.804. The molecule has 0 saturated carbocycles. The Morgan fingerprint density at radius 3 is 2.81 bits per heavy atom. The number of anilines is 1. The number of ether oxygens (including phenoxy) is 1. The molecule has 1 aliphatic heterocycles. The zero-order valence-corrected chi connectivity index (χ0v) is 10.4. The Hall–Kier alpha value is -1.00. The van der Waals surface area contributed by atoms with Crippen LogP contribution in [0.5, 0.6) is 0 Å². The van der Waals surface area contributed by atoms with Crippen LogP contribution in [0.4, 0.5) is 5.69 Å². The van der Waals surface area contributed by atoms with E-state index in [1.54, 1.807) is 0 Å². The Kier molecular flexibility index (Phi) is 2.61. The van der Waals surface area contributed by atoms with E-state index < -0.39 is 0 Å². The molecule has 4 heteroatoms. The van der Waals surface area contributed by atoms with E-state index in [0.717, 1.165) is 36.4 Å². The molecule has 1 aromatic carbocycles. The van der Waals surface area contributed by atoms with Crippen LogP contribution in [0.1, 0.15) is 0 Å². The van der Waals surface area contributed by atoms with Crippen molar-refractivity contribution in [1.29, 1.82) is 0 Å². The molecule has 0 unspecified atom stereocenters. The Labute approximate surface area is 102 Å². The van der Waals surface area contributed by atoms with Crippen molar-refractivity contribution in [1.82, 2.24) is 0 Å². The SMILES string of the molecule is Brc1ccc2c(N3CCOCC3)coc2c1. The van der Waals surface area contributed by atoms with Crippen LogP contribution in [0.25, 0.3) is 11.0 Å². The minimum absolute atomic E-state index is 0.795. The lowest BCUT2D eigenvalue weighted by Gasteiger charge is -2.27. The highest BCUT2D eigenvalue weighted by atomic mass is 79.9. The first-order valence-corrected chi connectivity index (χ1v) is 6.13. The molecule has 3 rings (SSSR count). The van der Waals surface area contributed by atoms with Gasteiger partial charge in [-0.1, -0.05) is 15.9 Å². The molecule has 3 nitrogen and oxygen atoms in total. The van der Waals surface area contributed by atoms with Gasteiger partial charge in [0.1, 0.15) is 11.8 Å². The number of halogens is 1. The van der Waals surface area contributed by atoms with Crippen molar-refractivity contribution in [3.63, 3.8) is 0 Å². The molecule has 0 N–H and O–H groups in total. The van der Waals surface area contributed by atoms with Crippen LogP contribution in [0.2, 0.25) is 0 Å². The van der Waals surface area contributed by atoms with Crippen molar-refractivity contribution in [2.45, 2.75) is 0 Å². The average Bonchev–Trinajstić information content (AvgIpc) is 2.73. The van der Waals surface area contributed by atoms with Crippen LogP contribution in [-0.4, -0.2) is 26.3 Å². The van der Waals surface area contributed by atoms with Crippen LogP contribution in [0.15, 0.2) is 33.4 Å². The normalized spacial score (nSPS) is 16.9. The molecule has 1 aliphatic rings. The molecule has 2 aromatic rings. The van der Waals surface area contributed by atoms with Gasteiger partial charge in [0.2, 0.25) is 0 Å². The number of rotatable bonds is 1. The summed E-state index contributed by atoms with van der Waals surface area (Å²) >= 11 is 3.44. The van der Waals surface area contributed by atoms with E-state index in [9.17, 15) is 0 Å². The second kappa shape index (κ2) is 4.11. The summed E-state index contributed by atoms with van der Waals surface area (Å²) in [5.74, 6) is 0. The van der Waals surface area contributed by atoms with Crippen molar-refractivity contribution in [3.05, 3.63) is 28.9 Å². The summed E-state index contributed by atoms with van der Waals surface area (Å²) in [5, 5.41) is 1.17. The molecule has 0 radical (unpaired) electrons. The standard InChI is InChI=1S/C12H12BrNO2/c13-9-1-2-10-11(8-16-12(10)7-9)14-3-5-15-6-4-14/h1-2,7-8H,3-6H2. The molecule has 0 bridgehead atoms. The van der Waals surface area contributed by atoms with Crippen molar-refractivity contribution in [2.24, 2.45) is 0 Å². The lowest BCUT2D eigenvalue weighted by molar-refractivity contribution is 0.123. The highest BCUT2D eigenvalue weighted by Gasteiger charge is 2.16. The lowest BCUT2D eigenvalue weighted by atomic mass is 10.2. The van der Waals surface area contributed by atoms with Gasteiger partial charge in [-0.15, -0.1) is 0 Å². The summed E-state index contributed by atoms with van der Waals surface area (Å²) < 4.78 is 12.0. The third-order valence-corrected chi connectivity index (χ3v) is 3.36. The van der Waals surface area contributed by atoms with Gasteiger partial charge in [-0.2, -0.15) is 0 Å². The number of hydrogen-bond donors (Lipinski definition) is 0. The first-order chi connectivity index (χ1) is 7.84. The third kappa shape index (κ3) is 1.72. The lowest BCUT2D eigenvalue weighted by Crippen LogP contribution is -2.36. The highest BCUT2D eigenvalue weighted by Crippen LogP contribution is 2.31. The second-order valence-corrected chi connectivity index (χ2v) is 4.78. The number of hydrogen-bond acceptors (Lipinski definition) is 3. The predicted molar refractivity (Wildman–Crippen MR) is 66.9 cm³/mol. The number of morpholine rings is 1. The Bertz CT molecular complexity index is 503. The maximum atomic E-state index is 5.57. The molecule has 16 heavy (non-hydrogen) atoms. The van der Waals surface area contributed by atoms with Crippen molar-refractivity contribution < 1.29 is 9.15 Å². The summed E-state index contributed by atoms with van der Waals surface area (Å²) in [6, 6.07) is 6.13. The molecule has 0 amide bonds. The number of fused-ring (bicyclic) bond motifs is 1. The summed E-state index contributed by atoms with van der Waals surface area (Å²) in [4.78, 5) is 2.31. The van der Waals surface area contributed by atoms with Gasteiger partial charge >= 0.3 is 0 Å². The minimum Gasteiger partial charge on any atom is -0.462 e. The second-order valence-electron chi connectivity index (χ2n) is 3.86. The van der Waals surface area contributed by atoms with Gasteiger partial charge in [0.05, 0.1) is 18.9 Å². The van der Waals surface area contributed by atoms with Crippen LogP contribution < -0.4 is 4.90 Å². The number of nitrogens with zero attached hydrogens (tertiary/aromatic N) is 1. The molecule has 0 atom stereocenters. The molecule has 0 spiro atoms. The van der Waals surface area contributed by atoms with Gasteiger partial charge in [-0.25, -0.2) is 0 Å². The predicted octanol–water partition coefficient (Wildman–Crippen LogP) is 3.03. The fourth-order valence-corrected chi connectivity index (χ4v) is 2.38. The van der Waals surface area contributed by atoms with Gasteiger partial charge in [0.25, 0.3) is 0 Å². The van der Waals surface area contributed by atoms with E-state index in [1.165, 1.54) is 11.1 Å². The van der Waals surface area contributed by atoms with E-state index in [0.29, 0.717) is 0 Å². The first kappa shape index (κ1) is 10.2. The molecular formula is C12H12BrNO2. The fraction of sp³-hybridized carbons (Fsp3) is 0.333. The molecular weight excluding hydrogens is 270 g/mol. The molecule has 0 aliphatic carbocycles. The van der Waals surface area contributed by atoms with E-state index in [-0.39, 0.29) is 0 Å². The van der Waals surface area contributed by atoms with Crippen LogP contribution in [-0.2, 0) is 4.74 Å². The first-order valence-electron chi connectivity index (χ1n) is 5.34. The van der Waals surface area contributed by atoms with Gasteiger partial charge in [0.15, 0.2) is 0 Å². The monoisotopic (exact) mass is 281 g/mol. The molecule has 1 saturated heterocycles. The van der Waals surface area contributed by atoms with Crippen LogP contribution in [0, 0.1) is 0 Å². The molecule has 2 heterocycles. The number of furan rings is 1. The van der Waals surface area contributed by atoms with Crippen LogP contribution >= 0.6 is 15.9 Å². The van der Waals surface area contributed by atoms with Gasteiger partial charge < -0.3 is 14.1 Å². The van der Waals surface area contributed by atoms with E-state index in [2.05, 4.69) is 26.9 Å². The fourth-order valence-electron chi connectivity index (χ4n) is 2.04. The molecule has 1 fully saturated rings. The maximum Gasteiger partial charge on any atom is 0.137 e. The maximum absolute atomic E-state index is 5.57. The van der Waals surface area contributed by atoms with Gasteiger partial charge in [-0.3, -0.25) is 0 Å². The zero-order chi connectivity index (χ0) is 11.0.